The molecule has 1 fully saturated rings. The maximum absolute atomic E-state index is 12.1. The fourth-order valence-electron chi connectivity index (χ4n) is 1.90. The first-order valence-corrected chi connectivity index (χ1v) is 7.60. The van der Waals surface area contributed by atoms with Gasteiger partial charge < -0.3 is 0 Å². The van der Waals surface area contributed by atoms with E-state index in [0.29, 0.717) is 21.7 Å². The zero-order valence-electron chi connectivity index (χ0n) is 11.3. The van der Waals surface area contributed by atoms with Crippen LogP contribution in [0.25, 0.3) is 6.08 Å². The Hall–Kier alpha value is -1.13. The second-order valence-electron chi connectivity index (χ2n) is 4.75. The highest BCUT2D eigenvalue weighted by Crippen LogP contribution is 2.32. The minimum atomic E-state index is 0.0189. The third-order valence-electron chi connectivity index (χ3n) is 3.09. The van der Waals surface area contributed by atoms with Gasteiger partial charge in [0.2, 0.25) is 0 Å². The third kappa shape index (κ3) is 3.07. The Balaban J connectivity index is 2.22. The molecule has 1 aromatic rings. The largest absolute Gasteiger partial charge is 0.293 e. The maximum atomic E-state index is 12.1. The van der Waals surface area contributed by atoms with Gasteiger partial charge >= 0.3 is 0 Å². The smallest absolute Gasteiger partial charge is 0.266 e. The van der Waals surface area contributed by atoms with Gasteiger partial charge in [0.1, 0.15) is 4.32 Å². The summed E-state index contributed by atoms with van der Waals surface area (Å²) in [6.07, 6.45) is 1.92. The first-order chi connectivity index (χ1) is 9.02. The molecule has 0 saturated carbocycles. The van der Waals surface area contributed by atoms with Crippen LogP contribution in [-0.4, -0.2) is 21.7 Å². The van der Waals surface area contributed by atoms with Crippen molar-refractivity contribution >= 4 is 40.3 Å². The quantitative estimate of drug-likeness (QED) is 0.619. The summed E-state index contributed by atoms with van der Waals surface area (Å²) >= 11 is 6.57. The summed E-state index contributed by atoms with van der Waals surface area (Å²) in [5.41, 5.74) is 2.35. The Morgan fingerprint density at radius 1 is 1.32 bits per heavy atom. The monoisotopic (exact) mass is 291 g/mol. The molecule has 1 saturated heterocycles. The molecule has 0 atom stereocenters. The number of benzene rings is 1. The van der Waals surface area contributed by atoms with Crippen molar-refractivity contribution in [1.82, 2.24) is 4.90 Å². The molecule has 1 aliphatic heterocycles. The van der Waals surface area contributed by atoms with Crippen molar-refractivity contribution in [2.75, 3.05) is 6.54 Å². The van der Waals surface area contributed by atoms with E-state index in [-0.39, 0.29) is 5.91 Å². The Labute approximate surface area is 123 Å². The van der Waals surface area contributed by atoms with Crippen LogP contribution < -0.4 is 0 Å². The topological polar surface area (TPSA) is 20.3 Å². The van der Waals surface area contributed by atoms with Crippen molar-refractivity contribution in [2.45, 2.75) is 26.7 Å². The second-order valence-corrected chi connectivity index (χ2v) is 6.42. The van der Waals surface area contributed by atoms with E-state index in [2.05, 4.69) is 26.0 Å². The standard InChI is InChI=1S/C15H17NOS2/c1-4-16-14(17)13(19-15(16)18)9-11-5-7-12(8-6-11)10(2)3/h5-10H,4H2,1-3H3/b13-9-. The molecule has 0 bridgehead atoms. The van der Waals surface area contributed by atoms with Gasteiger partial charge in [0, 0.05) is 6.54 Å². The molecule has 0 aliphatic carbocycles. The molecule has 1 heterocycles. The zero-order chi connectivity index (χ0) is 14.0. The predicted molar refractivity (Wildman–Crippen MR) is 86.1 cm³/mol. The molecule has 0 N–H and O–H groups in total. The molecular formula is C15H17NOS2. The van der Waals surface area contributed by atoms with Crippen LogP contribution in [0.1, 0.15) is 37.8 Å². The summed E-state index contributed by atoms with van der Waals surface area (Å²) in [6.45, 7) is 6.90. The highest BCUT2D eigenvalue weighted by molar-refractivity contribution is 8.26. The Bertz CT molecular complexity index is 532. The zero-order valence-corrected chi connectivity index (χ0v) is 13.0. The SMILES string of the molecule is CCN1C(=O)/C(=C/c2ccc(C(C)C)cc2)SC1=S. The van der Waals surface area contributed by atoms with E-state index in [1.165, 1.54) is 17.3 Å². The summed E-state index contributed by atoms with van der Waals surface area (Å²) in [7, 11) is 0. The van der Waals surface area contributed by atoms with E-state index in [1.807, 2.05) is 25.1 Å². The number of likely N-dealkylation sites (N-methyl/N-ethyl adjacent to an activating group) is 1. The molecular weight excluding hydrogens is 274 g/mol. The lowest BCUT2D eigenvalue weighted by molar-refractivity contribution is -0.121. The summed E-state index contributed by atoms with van der Waals surface area (Å²) in [6, 6.07) is 8.32. The van der Waals surface area contributed by atoms with E-state index in [0.717, 1.165) is 5.56 Å². The lowest BCUT2D eigenvalue weighted by Crippen LogP contribution is -2.27. The first-order valence-electron chi connectivity index (χ1n) is 6.38. The molecule has 1 aliphatic rings. The molecule has 2 nitrogen and oxygen atoms in total. The minimum absolute atomic E-state index is 0.0189. The van der Waals surface area contributed by atoms with Crippen LogP contribution in [0.2, 0.25) is 0 Å². The summed E-state index contributed by atoms with van der Waals surface area (Å²) in [5.74, 6) is 0.540. The average molecular weight is 291 g/mol. The molecule has 0 spiro atoms. The van der Waals surface area contributed by atoms with Gasteiger partial charge in [-0.05, 0) is 30.0 Å². The van der Waals surface area contributed by atoms with Crippen molar-refractivity contribution in [2.24, 2.45) is 0 Å². The molecule has 0 aromatic heterocycles. The number of carbonyl (C=O) groups is 1. The van der Waals surface area contributed by atoms with Crippen molar-refractivity contribution in [3.8, 4) is 0 Å². The molecule has 4 heteroatoms. The van der Waals surface area contributed by atoms with Crippen LogP contribution in [0.3, 0.4) is 0 Å². The van der Waals surface area contributed by atoms with Gasteiger partial charge in [0.25, 0.3) is 5.91 Å². The predicted octanol–water partition coefficient (Wildman–Crippen LogP) is 4.03. The van der Waals surface area contributed by atoms with Crippen LogP contribution in [0.4, 0.5) is 0 Å². The molecule has 19 heavy (non-hydrogen) atoms. The van der Waals surface area contributed by atoms with Gasteiger partial charge in [-0.1, -0.05) is 62.1 Å². The highest BCUT2D eigenvalue weighted by atomic mass is 32.2. The van der Waals surface area contributed by atoms with Gasteiger partial charge in [-0.15, -0.1) is 0 Å². The van der Waals surface area contributed by atoms with Crippen molar-refractivity contribution in [3.05, 3.63) is 40.3 Å². The summed E-state index contributed by atoms with van der Waals surface area (Å²) < 4.78 is 0.651. The fraction of sp³-hybridized carbons (Fsp3) is 0.333. The molecule has 1 aromatic carbocycles. The molecule has 0 radical (unpaired) electrons. The lowest BCUT2D eigenvalue weighted by atomic mass is 10.0. The van der Waals surface area contributed by atoms with Gasteiger partial charge in [0.15, 0.2) is 0 Å². The first kappa shape index (κ1) is 14.3. The molecule has 1 amide bonds. The van der Waals surface area contributed by atoms with Gasteiger partial charge in [-0.3, -0.25) is 9.69 Å². The van der Waals surface area contributed by atoms with Crippen molar-refractivity contribution in [1.29, 1.82) is 0 Å². The number of thiocarbonyl (C=S) groups is 1. The van der Waals surface area contributed by atoms with Gasteiger partial charge in [-0.25, -0.2) is 0 Å². The Kier molecular flexibility index (Phi) is 4.42. The van der Waals surface area contributed by atoms with E-state index in [4.69, 9.17) is 12.2 Å². The Morgan fingerprint density at radius 2 is 1.95 bits per heavy atom. The molecule has 100 valence electrons. The second kappa shape index (κ2) is 5.88. The number of amides is 1. The fourth-order valence-corrected chi connectivity index (χ4v) is 3.29. The number of carbonyl (C=O) groups excluding carboxylic acids is 1. The normalized spacial score (nSPS) is 17.9. The number of rotatable bonds is 3. The molecule has 0 unspecified atom stereocenters. The van der Waals surface area contributed by atoms with Crippen LogP contribution in [0.15, 0.2) is 29.2 Å². The third-order valence-corrected chi connectivity index (χ3v) is 4.47. The number of hydrogen-bond donors (Lipinski definition) is 0. The summed E-state index contributed by atoms with van der Waals surface area (Å²) in [4.78, 5) is 14.4. The number of thioether (sulfide) groups is 1. The van der Waals surface area contributed by atoms with Crippen molar-refractivity contribution in [3.63, 3.8) is 0 Å². The van der Waals surface area contributed by atoms with E-state index < -0.39 is 0 Å². The van der Waals surface area contributed by atoms with Gasteiger partial charge in [-0.2, -0.15) is 0 Å². The van der Waals surface area contributed by atoms with E-state index >= 15 is 0 Å². The maximum Gasteiger partial charge on any atom is 0.266 e. The van der Waals surface area contributed by atoms with Crippen LogP contribution in [0.5, 0.6) is 0 Å². The van der Waals surface area contributed by atoms with Gasteiger partial charge in [0.05, 0.1) is 4.91 Å². The Morgan fingerprint density at radius 3 is 2.42 bits per heavy atom. The summed E-state index contributed by atoms with van der Waals surface area (Å²) in [5, 5.41) is 0. The lowest BCUT2D eigenvalue weighted by Gasteiger charge is -2.09. The van der Waals surface area contributed by atoms with Crippen molar-refractivity contribution < 1.29 is 4.79 Å². The number of nitrogens with zero attached hydrogens (tertiary/aromatic N) is 1. The van der Waals surface area contributed by atoms with Crippen LogP contribution in [-0.2, 0) is 4.79 Å². The number of hydrogen-bond acceptors (Lipinski definition) is 3. The minimum Gasteiger partial charge on any atom is -0.293 e. The average Bonchev–Trinajstić information content (AvgIpc) is 2.64. The molecule has 2 rings (SSSR count). The van der Waals surface area contributed by atoms with E-state index in [1.54, 1.807) is 4.90 Å². The van der Waals surface area contributed by atoms with E-state index in [9.17, 15) is 4.79 Å². The highest BCUT2D eigenvalue weighted by Gasteiger charge is 2.30. The van der Waals surface area contributed by atoms with Crippen LogP contribution in [0, 0.1) is 0 Å². The van der Waals surface area contributed by atoms with Crippen LogP contribution >= 0.6 is 24.0 Å².